The second kappa shape index (κ2) is 9.74. The van der Waals surface area contributed by atoms with Crippen molar-refractivity contribution in [3.05, 3.63) is 51.3 Å². The number of urea groups is 1. The lowest BCUT2D eigenvalue weighted by molar-refractivity contribution is 0.0598. The molecule has 0 aromatic heterocycles. The lowest BCUT2D eigenvalue weighted by atomic mass is 10.1. The monoisotopic (exact) mass is 529 g/mol. The highest BCUT2D eigenvalue weighted by Crippen LogP contribution is 2.24. The van der Waals surface area contributed by atoms with E-state index in [1.165, 1.54) is 6.07 Å². The van der Waals surface area contributed by atoms with Crippen molar-refractivity contribution < 1.29 is 28.2 Å². The Balaban J connectivity index is 2.04. The molecule has 0 saturated heterocycles. The molecular formula is C20H21FIN3O5. The van der Waals surface area contributed by atoms with Crippen LogP contribution in [0.3, 0.4) is 0 Å². The van der Waals surface area contributed by atoms with Crippen LogP contribution in [-0.4, -0.2) is 30.8 Å². The Morgan fingerprint density at radius 3 is 2.07 bits per heavy atom. The minimum absolute atomic E-state index is 0.105. The molecule has 10 heteroatoms. The molecule has 2 rings (SSSR count). The van der Waals surface area contributed by atoms with Crippen molar-refractivity contribution in [1.29, 1.82) is 0 Å². The molecule has 0 radical (unpaired) electrons. The summed E-state index contributed by atoms with van der Waals surface area (Å²) in [5, 5.41) is 7.67. The molecule has 0 aliphatic carbocycles. The van der Waals surface area contributed by atoms with Crippen LogP contribution in [0.15, 0.2) is 36.4 Å². The number of methoxy groups -OCH3 is 1. The fourth-order valence-electron chi connectivity index (χ4n) is 2.27. The number of ether oxygens (including phenoxy) is 2. The minimum atomic E-state index is -0.779. The summed E-state index contributed by atoms with van der Waals surface area (Å²) in [6, 6.07) is 8.00. The molecule has 0 heterocycles. The Labute approximate surface area is 186 Å². The first-order valence-corrected chi connectivity index (χ1v) is 9.82. The quantitative estimate of drug-likeness (QED) is 0.373. The first kappa shape index (κ1) is 23.4. The number of halogens is 2. The van der Waals surface area contributed by atoms with E-state index < -0.39 is 29.5 Å². The van der Waals surface area contributed by atoms with Crippen molar-refractivity contribution in [2.45, 2.75) is 26.4 Å². The second-order valence-corrected chi connectivity index (χ2v) is 8.25. The fourth-order valence-corrected chi connectivity index (χ4v) is 2.74. The highest BCUT2D eigenvalue weighted by molar-refractivity contribution is 14.1. The van der Waals surface area contributed by atoms with E-state index in [1.54, 1.807) is 67.6 Å². The summed E-state index contributed by atoms with van der Waals surface area (Å²) in [7, 11) is 1.16. The Hall–Kier alpha value is -2.89. The van der Waals surface area contributed by atoms with Gasteiger partial charge in [0.2, 0.25) is 0 Å². The number of hydrogen-bond donors (Lipinski definition) is 3. The standard InChI is InChI=1S/C20H21FIN3O5/c1-20(2,3)30-19(28)24-12-7-5-11(6-8-12)23-18(27)25-16-10-15(22)14(21)9-13(16)17(26)29-4/h5-10H,1-4H3,(H,24,28)(H2,23,25,27). The molecule has 30 heavy (non-hydrogen) atoms. The molecule has 0 fully saturated rings. The van der Waals surface area contributed by atoms with Gasteiger partial charge in [-0.15, -0.1) is 0 Å². The van der Waals surface area contributed by atoms with E-state index >= 15 is 0 Å². The number of benzene rings is 2. The number of anilines is 3. The maximum atomic E-state index is 13.8. The zero-order valence-corrected chi connectivity index (χ0v) is 18.9. The third-order valence-corrected chi connectivity index (χ3v) is 4.33. The minimum Gasteiger partial charge on any atom is -0.465 e. The van der Waals surface area contributed by atoms with Crippen LogP contribution >= 0.6 is 22.6 Å². The van der Waals surface area contributed by atoms with E-state index in [0.717, 1.165) is 13.2 Å². The largest absolute Gasteiger partial charge is 0.465 e. The molecule has 0 aliphatic rings. The van der Waals surface area contributed by atoms with Gasteiger partial charge in [0.25, 0.3) is 0 Å². The van der Waals surface area contributed by atoms with Gasteiger partial charge in [-0.1, -0.05) is 0 Å². The zero-order chi connectivity index (χ0) is 22.5. The molecule has 8 nitrogen and oxygen atoms in total. The molecule has 0 saturated carbocycles. The van der Waals surface area contributed by atoms with E-state index in [1.807, 2.05) is 0 Å². The number of nitrogens with one attached hydrogen (secondary N) is 3. The summed E-state index contributed by atoms with van der Waals surface area (Å²) >= 11 is 1.75. The van der Waals surface area contributed by atoms with Gasteiger partial charge in [0.15, 0.2) is 0 Å². The third-order valence-electron chi connectivity index (χ3n) is 3.50. The Morgan fingerprint density at radius 1 is 0.967 bits per heavy atom. The summed E-state index contributed by atoms with van der Waals surface area (Å²) in [6.45, 7) is 5.27. The molecule has 2 aromatic carbocycles. The van der Waals surface area contributed by atoms with E-state index in [4.69, 9.17) is 4.74 Å². The van der Waals surface area contributed by atoms with Crippen LogP contribution in [0.2, 0.25) is 0 Å². The van der Waals surface area contributed by atoms with E-state index in [2.05, 4.69) is 20.7 Å². The molecule has 0 aliphatic heterocycles. The lowest BCUT2D eigenvalue weighted by Gasteiger charge is -2.19. The van der Waals surface area contributed by atoms with Gasteiger partial charge in [0, 0.05) is 11.4 Å². The van der Waals surface area contributed by atoms with Crippen molar-refractivity contribution in [3.8, 4) is 0 Å². The first-order chi connectivity index (χ1) is 14.0. The number of hydrogen-bond acceptors (Lipinski definition) is 5. The lowest BCUT2D eigenvalue weighted by Crippen LogP contribution is -2.27. The zero-order valence-electron chi connectivity index (χ0n) is 16.8. The van der Waals surface area contributed by atoms with Crippen LogP contribution in [0.25, 0.3) is 0 Å². The highest BCUT2D eigenvalue weighted by atomic mass is 127. The van der Waals surface area contributed by atoms with Crippen LogP contribution in [0.5, 0.6) is 0 Å². The van der Waals surface area contributed by atoms with Crippen LogP contribution < -0.4 is 16.0 Å². The Morgan fingerprint density at radius 2 is 1.53 bits per heavy atom. The molecule has 0 bridgehead atoms. The molecule has 0 atom stereocenters. The number of amides is 3. The van der Waals surface area contributed by atoms with Gasteiger partial charge in [-0.25, -0.2) is 18.8 Å². The van der Waals surface area contributed by atoms with Gasteiger partial charge in [-0.3, -0.25) is 5.32 Å². The number of carbonyl (C=O) groups is 3. The Bertz CT molecular complexity index is 958. The van der Waals surface area contributed by atoms with Gasteiger partial charge < -0.3 is 20.1 Å². The number of carbonyl (C=O) groups excluding carboxylic acids is 3. The van der Waals surface area contributed by atoms with Crippen LogP contribution in [0.4, 0.5) is 31.0 Å². The van der Waals surface area contributed by atoms with Gasteiger partial charge in [0.1, 0.15) is 11.4 Å². The van der Waals surface area contributed by atoms with Crippen molar-refractivity contribution in [2.75, 3.05) is 23.1 Å². The summed E-state index contributed by atoms with van der Waals surface area (Å²) in [5.74, 6) is -1.38. The van der Waals surface area contributed by atoms with Crippen molar-refractivity contribution in [2.24, 2.45) is 0 Å². The summed E-state index contributed by atoms with van der Waals surface area (Å²) in [6.07, 6.45) is -0.595. The Kier molecular flexibility index (Phi) is 7.59. The van der Waals surface area contributed by atoms with Crippen molar-refractivity contribution in [3.63, 3.8) is 0 Å². The SMILES string of the molecule is COC(=O)c1cc(F)c(I)cc1NC(=O)Nc1ccc(NC(=O)OC(C)(C)C)cc1. The van der Waals surface area contributed by atoms with Crippen molar-refractivity contribution in [1.82, 2.24) is 0 Å². The summed E-state index contributed by atoms with van der Waals surface area (Å²) in [4.78, 5) is 35.9. The number of esters is 1. The van der Waals surface area contributed by atoms with Crippen molar-refractivity contribution >= 4 is 57.7 Å². The van der Waals surface area contributed by atoms with Crippen LogP contribution in [0, 0.1) is 9.39 Å². The predicted octanol–water partition coefficient (Wildman–Crippen LogP) is 5.21. The first-order valence-electron chi connectivity index (χ1n) is 8.74. The number of rotatable bonds is 4. The van der Waals surface area contributed by atoms with Gasteiger partial charge >= 0.3 is 18.1 Å². The fraction of sp³-hybridized carbons (Fsp3) is 0.250. The topological polar surface area (TPSA) is 106 Å². The second-order valence-electron chi connectivity index (χ2n) is 7.09. The average molecular weight is 529 g/mol. The third kappa shape index (κ3) is 6.87. The predicted molar refractivity (Wildman–Crippen MR) is 119 cm³/mol. The molecule has 0 spiro atoms. The molecular weight excluding hydrogens is 508 g/mol. The maximum absolute atomic E-state index is 13.8. The van der Waals surface area contributed by atoms with Gasteiger partial charge in [-0.05, 0) is 79.8 Å². The molecule has 2 aromatic rings. The maximum Gasteiger partial charge on any atom is 0.412 e. The van der Waals surface area contributed by atoms with E-state index in [-0.39, 0.29) is 14.8 Å². The summed E-state index contributed by atoms with van der Waals surface area (Å²) in [5.41, 5.74) is 0.288. The van der Waals surface area contributed by atoms with Crippen LogP contribution in [0.1, 0.15) is 31.1 Å². The molecule has 0 unspecified atom stereocenters. The van der Waals surface area contributed by atoms with Gasteiger partial charge in [-0.2, -0.15) is 0 Å². The van der Waals surface area contributed by atoms with E-state index in [9.17, 15) is 18.8 Å². The normalized spacial score (nSPS) is 10.7. The van der Waals surface area contributed by atoms with E-state index in [0.29, 0.717) is 11.4 Å². The summed E-state index contributed by atoms with van der Waals surface area (Å²) < 4.78 is 23.8. The smallest absolute Gasteiger partial charge is 0.412 e. The average Bonchev–Trinajstić information content (AvgIpc) is 2.64. The molecule has 160 valence electrons. The molecule has 3 amide bonds. The van der Waals surface area contributed by atoms with Gasteiger partial charge in [0.05, 0.1) is 21.9 Å². The molecule has 3 N–H and O–H groups in total. The van der Waals surface area contributed by atoms with Crippen LogP contribution in [-0.2, 0) is 9.47 Å². The highest BCUT2D eigenvalue weighted by Gasteiger charge is 2.18.